The summed E-state index contributed by atoms with van der Waals surface area (Å²) in [5, 5.41) is 24.1. The molecular formula is C18H20N4O8S2. The van der Waals surface area contributed by atoms with Crippen molar-refractivity contribution in [3.8, 4) is 0 Å². The van der Waals surface area contributed by atoms with Crippen LogP contribution < -0.4 is 5.32 Å². The molecule has 14 heteroatoms. The van der Waals surface area contributed by atoms with Crippen molar-refractivity contribution >= 4 is 33.0 Å². The van der Waals surface area contributed by atoms with Gasteiger partial charge in [0.1, 0.15) is 17.1 Å². The Morgan fingerprint density at radius 3 is 2.84 bits per heavy atom. The van der Waals surface area contributed by atoms with E-state index in [1.54, 1.807) is 0 Å². The number of benzene rings is 1. The molecule has 0 radical (unpaired) electrons. The first kappa shape index (κ1) is 23.9. The molecule has 0 amide bonds. The molecule has 2 atom stereocenters. The summed E-state index contributed by atoms with van der Waals surface area (Å²) < 4.78 is 32.4. The first-order valence-corrected chi connectivity index (χ1v) is 11.4. The number of methoxy groups -OCH3 is 1. The van der Waals surface area contributed by atoms with Gasteiger partial charge in [-0.15, -0.1) is 17.9 Å². The van der Waals surface area contributed by atoms with Crippen LogP contribution in [0.2, 0.25) is 0 Å². The highest BCUT2D eigenvalue weighted by Gasteiger charge is 2.44. The zero-order valence-corrected chi connectivity index (χ0v) is 18.5. The Hall–Kier alpha value is -2.75. The van der Waals surface area contributed by atoms with Crippen LogP contribution in [0.15, 0.2) is 41.8 Å². The molecular weight excluding hydrogens is 464 g/mol. The molecule has 2 N–H and O–H groups in total. The lowest BCUT2D eigenvalue weighted by molar-refractivity contribution is -0.388. The van der Waals surface area contributed by atoms with Crippen LogP contribution in [0.4, 0.5) is 5.69 Å². The Morgan fingerprint density at radius 2 is 2.22 bits per heavy atom. The molecule has 1 aliphatic heterocycles. The van der Waals surface area contributed by atoms with Gasteiger partial charge in [-0.25, -0.2) is 18.2 Å². The van der Waals surface area contributed by atoms with E-state index in [-0.39, 0.29) is 23.9 Å². The van der Waals surface area contributed by atoms with Gasteiger partial charge in [-0.1, -0.05) is 22.7 Å². The van der Waals surface area contributed by atoms with Crippen molar-refractivity contribution in [3.63, 3.8) is 0 Å². The largest absolute Gasteiger partial charge is 0.468 e. The summed E-state index contributed by atoms with van der Waals surface area (Å²) >= 11 is 1.00. The van der Waals surface area contributed by atoms with E-state index in [9.17, 15) is 28.4 Å². The minimum atomic E-state index is -4.55. The summed E-state index contributed by atoms with van der Waals surface area (Å²) in [5.74, 6) is -0.639. The van der Waals surface area contributed by atoms with Crippen molar-refractivity contribution in [1.29, 1.82) is 0 Å². The number of aliphatic hydroxyl groups excluding tert-OH is 1. The molecule has 1 aliphatic rings. The molecule has 0 fully saturated rings. The van der Waals surface area contributed by atoms with Crippen molar-refractivity contribution in [3.05, 3.63) is 62.6 Å². The Morgan fingerprint density at radius 1 is 1.50 bits per heavy atom. The number of ether oxygens (including phenoxy) is 1. The van der Waals surface area contributed by atoms with Crippen LogP contribution in [0.1, 0.15) is 27.7 Å². The highest BCUT2D eigenvalue weighted by atomic mass is 32.2. The topological polar surface area (TPSA) is 161 Å². The summed E-state index contributed by atoms with van der Waals surface area (Å²) in [6, 6.07) is 2.89. The predicted molar refractivity (Wildman–Crippen MR) is 112 cm³/mol. The van der Waals surface area contributed by atoms with Crippen LogP contribution >= 0.6 is 11.3 Å². The fraction of sp³-hybridized carbons (Fsp3) is 0.333. The van der Waals surface area contributed by atoms with E-state index < -0.39 is 50.2 Å². The van der Waals surface area contributed by atoms with Crippen LogP contribution in [0.25, 0.3) is 0 Å². The molecule has 1 aromatic carbocycles. The fourth-order valence-corrected chi connectivity index (χ4v) is 5.86. The third kappa shape index (κ3) is 4.41. The quantitative estimate of drug-likeness (QED) is 0.229. The van der Waals surface area contributed by atoms with Crippen molar-refractivity contribution in [2.75, 3.05) is 20.3 Å². The Balaban J connectivity index is 2.14. The summed E-state index contributed by atoms with van der Waals surface area (Å²) in [6.07, 6.45) is 1.32. The molecule has 32 heavy (non-hydrogen) atoms. The second kappa shape index (κ2) is 9.81. The number of hydrogen-bond acceptors (Lipinski definition) is 11. The molecule has 0 spiro atoms. The van der Waals surface area contributed by atoms with Gasteiger partial charge in [0.15, 0.2) is 4.90 Å². The minimum absolute atomic E-state index is 0.0865. The molecule has 172 valence electrons. The van der Waals surface area contributed by atoms with Crippen molar-refractivity contribution in [2.24, 2.45) is 0 Å². The van der Waals surface area contributed by atoms with Gasteiger partial charge in [-0.05, 0) is 6.07 Å². The van der Waals surface area contributed by atoms with E-state index in [2.05, 4.69) is 16.9 Å². The average Bonchev–Trinajstić information content (AvgIpc) is 3.23. The number of nitro groups is 1. The maximum Gasteiger partial charge on any atom is 0.329 e. The van der Waals surface area contributed by atoms with Crippen LogP contribution in [-0.2, 0) is 31.0 Å². The first-order valence-electron chi connectivity index (χ1n) is 9.19. The lowest BCUT2D eigenvalue weighted by Crippen LogP contribution is -2.46. The Kier molecular flexibility index (Phi) is 7.33. The van der Waals surface area contributed by atoms with Crippen LogP contribution in [0.3, 0.4) is 0 Å². The van der Waals surface area contributed by atoms with Crippen molar-refractivity contribution in [2.45, 2.75) is 23.6 Å². The lowest BCUT2D eigenvalue weighted by Gasteiger charge is -2.33. The van der Waals surface area contributed by atoms with Gasteiger partial charge < -0.3 is 9.84 Å². The smallest absolute Gasteiger partial charge is 0.329 e. The van der Waals surface area contributed by atoms with Gasteiger partial charge >= 0.3 is 5.97 Å². The number of sulfonamides is 1. The number of rotatable bonds is 9. The normalized spacial score (nSPS) is 18.2. The number of nitrogens with zero attached hydrogens (tertiary/aromatic N) is 3. The third-order valence-corrected chi connectivity index (χ3v) is 7.43. The third-order valence-electron chi connectivity index (χ3n) is 4.54. The van der Waals surface area contributed by atoms with E-state index in [0.29, 0.717) is 9.35 Å². The van der Waals surface area contributed by atoms with Crippen LogP contribution in [-0.4, -0.2) is 54.1 Å². The number of nitrogens with one attached hydrogen (secondary N) is 1. The maximum atomic E-state index is 13.5. The number of hydrogen-bond donors (Lipinski definition) is 2. The zero-order valence-electron chi connectivity index (χ0n) is 16.8. The fourth-order valence-electron chi connectivity index (χ4n) is 3.18. The number of hydroxylamine groups is 1. The average molecular weight is 485 g/mol. The van der Waals surface area contributed by atoms with E-state index in [1.807, 2.05) is 0 Å². The molecule has 0 saturated carbocycles. The van der Waals surface area contributed by atoms with Crippen LogP contribution in [0, 0.1) is 10.1 Å². The van der Waals surface area contributed by atoms with Crippen molar-refractivity contribution in [1.82, 2.24) is 14.8 Å². The number of nitro benzene ring substituents is 1. The number of aliphatic hydroxyl groups is 1. The first-order chi connectivity index (χ1) is 15.3. The molecule has 2 aromatic rings. The molecule has 1 aromatic heterocycles. The van der Waals surface area contributed by atoms with Gasteiger partial charge in [0, 0.05) is 12.6 Å². The number of esters is 1. The molecule has 3 rings (SSSR count). The summed E-state index contributed by atoms with van der Waals surface area (Å²) in [4.78, 5) is 32.3. The standard InChI is InChI=1S/C18H20N4O8S2/c1-3-8-30-22(32(27,28)13-7-5-4-6-11(13)21(25)26)12-9-19-16(18(24)29-2)15-17(12)31-14(10-23)20-15/h3-7,12,16,19,23H,1,8-10H2,2H3. The van der Waals surface area contributed by atoms with Gasteiger partial charge in [-0.3, -0.25) is 20.3 Å². The molecule has 0 saturated heterocycles. The summed E-state index contributed by atoms with van der Waals surface area (Å²) in [6.45, 7) is 2.79. The second-order valence-electron chi connectivity index (χ2n) is 6.47. The van der Waals surface area contributed by atoms with Gasteiger partial charge in [0.25, 0.3) is 15.7 Å². The number of para-hydroxylation sites is 1. The molecule has 12 nitrogen and oxygen atoms in total. The number of thiazole rings is 1. The zero-order chi connectivity index (χ0) is 23.5. The highest BCUT2D eigenvalue weighted by molar-refractivity contribution is 7.89. The number of fused-ring (bicyclic) bond motifs is 1. The number of carbonyl (C=O) groups is 1. The highest BCUT2D eigenvalue weighted by Crippen LogP contribution is 2.40. The van der Waals surface area contributed by atoms with Gasteiger partial charge in [0.2, 0.25) is 0 Å². The molecule has 0 aliphatic carbocycles. The summed E-state index contributed by atoms with van der Waals surface area (Å²) in [7, 11) is -3.35. The lowest BCUT2D eigenvalue weighted by atomic mass is 10.0. The monoisotopic (exact) mass is 484 g/mol. The second-order valence-corrected chi connectivity index (χ2v) is 9.33. The molecule has 2 unspecified atom stereocenters. The molecule has 0 bridgehead atoms. The maximum absolute atomic E-state index is 13.5. The minimum Gasteiger partial charge on any atom is -0.468 e. The van der Waals surface area contributed by atoms with Crippen LogP contribution in [0.5, 0.6) is 0 Å². The van der Waals surface area contributed by atoms with Crippen molar-refractivity contribution < 1.29 is 32.8 Å². The Labute approximate surface area is 187 Å². The van der Waals surface area contributed by atoms with E-state index >= 15 is 0 Å². The van der Waals surface area contributed by atoms with E-state index in [4.69, 9.17) is 9.57 Å². The van der Waals surface area contributed by atoms with Gasteiger partial charge in [0.05, 0.1) is 35.8 Å². The number of carbonyl (C=O) groups excluding carboxylic acids is 1. The number of aromatic nitrogens is 1. The molecule has 2 heterocycles. The van der Waals surface area contributed by atoms with E-state index in [1.165, 1.54) is 25.3 Å². The Bertz CT molecular complexity index is 1130. The predicted octanol–water partition coefficient (Wildman–Crippen LogP) is 1.21. The van der Waals surface area contributed by atoms with Gasteiger partial charge in [-0.2, -0.15) is 0 Å². The summed E-state index contributed by atoms with van der Waals surface area (Å²) in [5.41, 5.74) is -0.427. The van der Waals surface area contributed by atoms with E-state index in [0.717, 1.165) is 23.5 Å². The SMILES string of the molecule is C=CCON(C1CNC(C(=O)OC)c2nc(CO)sc21)S(=O)(=O)c1ccccc1[N+](=O)[O-].